The standard InChI is InChI=1S/2C8H9.6C4H9.3Sn/c2*1-2-8-6-4-3-5-7-8;6*1-3-4-2;;;/h2*2-7H,1H3;6*1,3-4H2,2H3;;;. The Kier molecular flexibility index (Phi) is 33.4. The summed E-state index contributed by atoms with van der Waals surface area (Å²) in [5, 5.41) is 0. The van der Waals surface area contributed by atoms with Crippen LogP contribution in [0.3, 0.4) is 0 Å². The van der Waals surface area contributed by atoms with Gasteiger partial charge in [-0.05, 0) is 0 Å². The molecule has 0 saturated heterocycles. The van der Waals surface area contributed by atoms with E-state index in [2.05, 4.69) is 116 Å². The van der Waals surface area contributed by atoms with Crippen molar-refractivity contribution in [3.63, 3.8) is 0 Å². The summed E-state index contributed by atoms with van der Waals surface area (Å²) in [5.74, 6) is 0. The molecule has 0 saturated carbocycles. The fourth-order valence-electron chi connectivity index (χ4n) is 5.41. The summed E-state index contributed by atoms with van der Waals surface area (Å²) in [6.45, 7) is 18.9. The summed E-state index contributed by atoms with van der Waals surface area (Å²) < 4.78 is 11.4. The molecular formula is C40H72Sn3. The first-order chi connectivity index (χ1) is 21.0. The number of benzene rings is 2. The third kappa shape index (κ3) is 23.8. The van der Waals surface area contributed by atoms with E-state index < -0.39 is 39.5 Å². The third-order valence-electron chi connectivity index (χ3n) is 8.64. The van der Waals surface area contributed by atoms with Crippen LogP contribution in [0.1, 0.15) is 151 Å². The van der Waals surface area contributed by atoms with Crippen molar-refractivity contribution in [3.8, 4) is 0 Å². The molecule has 4 radical (unpaired) electrons. The Bertz CT molecular complexity index is 710. The zero-order valence-corrected chi connectivity index (χ0v) is 38.7. The van der Waals surface area contributed by atoms with E-state index in [1.807, 2.05) is 0 Å². The fourth-order valence-corrected chi connectivity index (χ4v) is 29.0. The van der Waals surface area contributed by atoms with Crippen molar-refractivity contribution in [3.05, 3.63) is 71.8 Å². The molecular weight excluding hydrogens is 837 g/mol. The normalized spacial score (nSPS) is 12.3. The van der Waals surface area contributed by atoms with Gasteiger partial charge in [0.05, 0.1) is 0 Å². The van der Waals surface area contributed by atoms with Crippen LogP contribution in [0.4, 0.5) is 0 Å². The second kappa shape index (κ2) is 32.8. The van der Waals surface area contributed by atoms with E-state index in [0.29, 0.717) is 0 Å². The zero-order valence-electron chi connectivity index (χ0n) is 30.2. The summed E-state index contributed by atoms with van der Waals surface area (Å²) in [5.41, 5.74) is 3.21. The molecule has 2 aromatic rings. The van der Waals surface area contributed by atoms with Gasteiger partial charge in [-0.2, -0.15) is 0 Å². The van der Waals surface area contributed by atoms with Gasteiger partial charge in [0.2, 0.25) is 0 Å². The molecule has 0 aliphatic heterocycles. The predicted molar refractivity (Wildman–Crippen MR) is 205 cm³/mol. The van der Waals surface area contributed by atoms with E-state index in [9.17, 15) is 0 Å². The van der Waals surface area contributed by atoms with E-state index in [1.54, 1.807) is 37.7 Å². The van der Waals surface area contributed by atoms with E-state index in [4.69, 9.17) is 0 Å². The first-order valence-corrected chi connectivity index (χ1v) is 33.9. The monoisotopic (exact) mass is 912 g/mol. The Morgan fingerprint density at radius 2 is 0.721 bits per heavy atom. The molecule has 2 aromatic carbocycles. The van der Waals surface area contributed by atoms with Crippen molar-refractivity contribution >= 4 is 60.7 Å². The van der Waals surface area contributed by atoms with E-state index in [0.717, 1.165) is 7.87 Å². The summed E-state index contributed by atoms with van der Waals surface area (Å²) in [6, 6.07) is 22.4. The first kappa shape index (κ1) is 43.8. The third-order valence-corrected chi connectivity index (χ3v) is 32.9. The van der Waals surface area contributed by atoms with Crippen LogP contribution < -0.4 is 0 Å². The second-order valence-electron chi connectivity index (χ2n) is 12.5. The number of hydrogen-bond acceptors (Lipinski definition) is 0. The minimum absolute atomic E-state index is 0.149. The zero-order chi connectivity index (χ0) is 32.0. The molecule has 0 aromatic heterocycles. The molecule has 2 unspecified atom stereocenters. The predicted octanol–water partition coefficient (Wildman–Crippen LogP) is 14.0. The molecule has 2 atom stereocenters. The van der Waals surface area contributed by atoms with Gasteiger partial charge in [0.15, 0.2) is 0 Å². The maximum absolute atomic E-state index is 2.50. The number of hydrogen-bond donors (Lipinski definition) is 0. The van der Waals surface area contributed by atoms with Gasteiger partial charge in [0, 0.05) is 0 Å². The molecule has 3 heteroatoms. The quantitative estimate of drug-likeness (QED) is 0.0816. The van der Waals surface area contributed by atoms with Crippen LogP contribution in [-0.4, -0.2) is 60.7 Å². The van der Waals surface area contributed by atoms with Crippen molar-refractivity contribution in [2.75, 3.05) is 0 Å². The summed E-state index contributed by atoms with van der Waals surface area (Å²) in [6.07, 6.45) is 17.2. The van der Waals surface area contributed by atoms with Gasteiger partial charge in [0.25, 0.3) is 0 Å². The van der Waals surface area contributed by atoms with E-state index >= 15 is 0 Å². The summed E-state index contributed by atoms with van der Waals surface area (Å²) in [4.78, 5) is 0. The molecule has 0 aliphatic rings. The van der Waals surface area contributed by atoms with E-state index in [1.165, 1.54) is 77.0 Å². The molecule has 0 amide bonds. The number of rotatable bonds is 22. The van der Waals surface area contributed by atoms with Crippen molar-refractivity contribution in [1.29, 1.82) is 0 Å². The molecule has 0 aliphatic carbocycles. The van der Waals surface area contributed by atoms with Crippen molar-refractivity contribution in [2.45, 2.75) is 167 Å². The van der Waals surface area contributed by atoms with Crippen LogP contribution in [0.2, 0.25) is 26.6 Å². The van der Waals surface area contributed by atoms with Gasteiger partial charge in [-0.3, -0.25) is 0 Å². The minimum atomic E-state index is -1.20. The van der Waals surface area contributed by atoms with Gasteiger partial charge in [-0.15, -0.1) is 0 Å². The van der Waals surface area contributed by atoms with Crippen LogP contribution in [0.25, 0.3) is 0 Å². The van der Waals surface area contributed by atoms with Crippen molar-refractivity contribution in [2.24, 2.45) is 0 Å². The Hall–Kier alpha value is 0.836. The number of unbranched alkanes of at least 4 members (excludes halogenated alkanes) is 6. The van der Waals surface area contributed by atoms with Crippen molar-refractivity contribution in [1.82, 2.24) is 0 Å². The van der Waals surface area contributed by atoms with Crippen LogP contribution in [0.5, 0.6) is 0 Å². The molecule has 43 heavy (non-hydrogen) atoms. The molecule has 0 fully saturated rings. The van der Waals surface area contributed by atoms with Gasteiger partial charge in [-0.1, -0.05) is 0 Å². The Morgan fingerprint density at radius 1 is 0.442 bits per heavy atom. The molecule has 0 spiro atoms. The Morgan fingerprint density at radius 3 is 0.977 bits per heavy atom. The summed E-state index contributed by atoms with van der Waals surface area (Å²) >= 11 is -2.25. The molecule has 0 N–H and O–H groups in total. The average molecular weight is 909 g/mol. The van der Waals surface area contributed by atoms with Crippen LogP contribution in [0, 0.1) is 0 Å². The molecule has 244 valence electrons. The fraction of sp³-hybridized carbons (Fsp3) is 0.700. The van der Waals surface area contributed by atoms with Crippen LogP contribution in [0.15, 0.2) is 60.7 Å². The molecule has 2 rings (SSSR count). The maximum atomic E-state index is 2.50. The molecule has 0 nitrogen and oxygen atoms in total. The Balaban J connectivity index is 0.000000648. The van der Waals surface area contributed by atoms with Crippen LogP contribution >= 0.6 is 0 Å². The van der Waals surface area contributed by atoms with Crippen LogP contribution in [-0.2, 0) is 0 Å². The Labute approximate surface area is 296 Å². The molecule has 0 bridgehead atoms. The molecule has 0 heterocycles. The van der Waals surface area contributed by atoms with E-state index in [-0.39, 0.29) is 21.1 Å². The summed E-state index contributed by atoms with van der Waals surface area (Å²) in [7, 11) is 0. The first-order valence-electron chi connectivity index (χ1n) is 18.5. The van der Waals surface area contributed by atoms with Gasteiger partial charge >= 0.3 is 299 Å². The van der Waals surface area contributed by atoms with Crippen molar-refractivity contribution < 1.29 is 0 Å². The SMILES string of the molecule is CCC[CH2][Sn]([CH2]CCC)[CH](C)c1ccccc1.CCC[CH2][Sn]([CH2]CCC)[CH](C)c1ccccc1.CCC[CH2][Sn][CH2]CCC. The average Bonchev–Trinajstić information content (AvgIpc) is 3.06. The topological polar surface area (TPSA) is 0 Å². The van der Waals surface area contributed by atoms with Gasteiger partial charge in [0.1, 0.15) is 0 Å². The second-order valence-corrected chi connectivity index (χ2v) is 34.9. The van der Waals surface area contributed by atoms with Gasteiger partial charge < -0.3 is 0 Å². The van der Waals surface area contributed by atoms with Gasteiger partial charge in [-0.25, -0.2) is 0 Å².